The van der Waals surface area contributed by atoms with Gasteiger partial charge in [-0.25, -0.2) is 4.39 Å². The number of hydrogen-bond acceptors (Lipinski definition) is 3. The van der Waals surface area contributed by atoms with Crippen molar-refractivity contribution in [2.45, 2.75) is 18.4 Å². The van der Waals surface area contributed by atoms with Crippen molar-refractivity contribution in [2.24, 2.45) is 5.92 Å². The van der Waals surface area contributed by atoms with Crippen molar-refractivity contribution in [3.63, 3.8) is 0 Å². The van der Waals surface area contributed by atoms with Gasteiger partial charge in [0.25, 0.3) is 0 Å². The largest absolute Gasteiger partial charge is 0.497 e. The first-order valence-corrected chi connectivity index (χ1v) is 10.1. The molecule has 0 spiro atoms. The molecular weight excluding hydrogens is 379 g/mol. The first-order valence-electron chi connectivity index (χ1n) is 10.1. The Labute approximate surface area is 176 Å². The molecule has 1 saturated carbocycles. The van der Waals surface area contributed by atoms with Crippen LogP contribution in [-0.4, -0.2) is 19.6 Å². The molecule has 5 heteroatoms. The Morgan fingerprint density at radius 3 is 2.60 bits per heavy atom. The zero-order valence-electron chi connectivity index (χ0n) is 16.8. The Bertz CT molecular complexity index is 1010. The highest BCUT2D eigenvalue weighted by Gasteiger charge is 2.45. The van der Waals surface area contributed by atoms with Crippen molar-refractivity contribution < 1.29 is 13.9 Å². The zero-order chi connectivity index (χ0) is 20.9. The van der Waals surface area contributed by atoms with Gasteiger partial charge >= 0.3 is 0 Å². The van der Waals surface area contributed by atoms with E-state index in [4.69, 9.17) is 4.74 Å². The van der Waals surface area contributed by atoms with Gasteiger partial charge in [0.05, 0.1) is 13.2 Å². The number of anilines is 1. The summed E-state index contributed by atoms with van der Waals surface area (Å²) in [5, 5.41) is 6.54. The predicted molar refractivity (Wildman–Crippen MR) is 116 cm³/mol. The van der Waals surface area contributed by atoms with Crippen LogP contribution < -0.4 is 15.4 Å². The molecule has 0 aromatic heterocycles. The van der Waals surface area contributed by atoms with Gasteiger partial charge < -0.3 is 15.4 Å². The minimum atomic E-state index is -0.236. The van der Waals surface area contributed by atoms with Crippen LogP contribution >= 0.6 is 0 Å². The summed E-state index contributed by atoms with van der Waals surface area (Å²) in [6.07, 6.45) is 0.687. The molecule has 1 aliphatic carbocycles. The van der Waals surface area contributed by atoms with E-state index in [1.807, 2.05) is 60.7 Å². The molecule has 0 heterocycles. The van der Waals surface area contributed by atoms with E-state index in [1.54, 1.807) is 19.2 Å². The second-order valence-electron chi connectivity index (χ2n) is 7.55. The van der Waals surface area contributed by atoms with E-state index in [-0.39, 0.29) is 29.6 Å². The number of methoxy groups -OCH3 is 1. The molecule has 30 heavy (non-hydrogen) atoms. The highest BCUT2D eigenvalue weighted by atomic mass is 19.1. The second-order valence-corrected chi connectivity index (χ2v) is 7.55. The highest BCUT2D eigenvalue weighted by Crippen LogP contribution is 2.48. The monoisotopic (exact) mass is 404 g/mol. The average molecular weight is 404 g/mol. The van der Waals surface area contributed by atoms with Crippen LogP contribution in [0.1, 0.15) is 29.5 Å². The summed E-state index contributed by atoms with van der Waals surface area (Å²) in [5.74, 6) is 0.292. The lowest BCUT2D eigenvalue weighted by molar-refractivity contribution is -0.122. The lowest BCUT2D eigenvalue weighted by Gasteiger charge is -2.21. The van der Waals surface area contributed by atoms with Gasteiger partial charge in [-0.15, -0.1) is 0 Å². The molecule has 0 radical (unpaired) electrons. The van der Waals surface area contributed by atoms with Crippen molar-refractivity contribution in [3.8, 4) is 5.75 Å². The Kier molecular flexibility index (Phi) is 5.98. The van der Waals surface area contributed by atoms with Crippen molar-refractivity contribution in [1.82, 2.24) is 5.32 Å². The summed E-state index contributed by atoms with van der Waals surface area (Å²) in [5.41, 5.74) is 2.61. The molecule has 0 unspecified atom stereocenters. The maximum absolute atomic E-state index is 14.0. The summed E-state index contributed by atoms with van der Waals surface area (Å²) in [6, 6.07) is 24.3. The molecule has 1 fully saturated rings. The normalized spacial score (nSPS) is 18.3. The summed E-state index contributed by atoms with van der Waals surface area (Å²) >= 11 is 0. The van der Waals surface area contributed by atoms with Crippen molar-refractivity contribution in [3.05, 3.63) is 95.8 Å². The van der Waals surface area contributed by atoms with E-state index >= 15 is 0 Å². The van der Waals surface area contributed by atoms with Gasteiger partial charge in [-0.2, -0.15) is 0 Å². The topological polar surface area (TPSA) is 50.4 Å². The van der Waals surface area contributed by atoms with Crippen LogP contribution in [0.15, 0.2) is 78.9 Å². The Morgan fingerprint density at radius 2 is 1.83 bits per heavy atom. The number of halogens is 1. The fourth-order valence-corrected chi connectivity index (χ4v) is 3.79. The number of amides is 1. The standard InChI is InChI=1S/C25H25FN2O2/c1-30-19-11-7-10-18(14-19)28-24(17-8-3-2-4-9-17)16-27-25(29)22-15-21(22)20-12-5-6-13-23(20)26/h2-14,21-22,24,28H,15-16H2,1H3,(H,27,29)/t21-,22-,24+/m0/s1. The third-order valence-corrected chi connectivity index (χ3v) is 5.52. The number of nitrogens with one attached hydrogen (secondary N) is 2. The lowest BCUT2D eigenvalue weighted by atomic mass is 10.1. The number of carbonyl (C=O) groups excluding carboxylic acids is 1. The van der Waals surface area contributed by atoms with Crippen molar-refractivity contribution >= 4 is 11.6 Å². The number of rotatable bonds is 8. The van der Waals surface area contributed by atoms with Crippen molar-refractivity contribution in [1.29, 1.82) is 0 Å². The van der Waals surface area contributed by atoms with Gasteiger partial charge in [0.15, 0.2) is 0 Å². The minimum absolute atomic E-state index is 0.0309. The minimum Gasteiger partial charge on any atom is -0.497 e. The molecule has 4 nitrogen and oxygen atoms in total. The van der Waals surface area contributed by atoms with Crippen LogP contribution in [0, 0.1) is 11.7 Å². The molecule has 1 amide bonds. The van der Waals surface area contributed by atoms with E-state index < -0.39 is 0 Å². The maximum atomic E-state index is 14.0. The zero-order valence-corrected chi connectivity index (χ0v) is 16.8. The molecule has 4 rings (SSSR count). The van der Waals surface area contributed by atoms with Gasteiger partial charge in [0.2, 0.25) is 5.91 Å². The smallest absolute Gasteiger partial charge is 0.223 e. The van der Waals surface area contributed by atoms with Gasteiger partial charge in [0, 0.05) is 24.2 Å². The molecule has 1 aliphatic rings. The SMILES string of the molecule is COc1cccc(N[C@H](CNC(=O)[C@H]2C[C@H]2c2ccccc2F)c2ccccc2)c1. The van der Waals surface area contributed by atoms with Gasteiger partial charge in [0.1, 0.15) is 11.6 Å². The quantitative estimate of drug-likeness (QED) is 0.561. The van der Waals surface area contributed by atoms with Crippen LogP contribution in [-0.2, 0) is 4.79 Å². The number of ether oxygens (including phenoxy) is 1. The van der Waals surface area contributed by atoms with Crippen LogP contribution in [0.3, 0.4) is 0 Å². The number of benzene rings is 3. The van der Waals surface area contributed by atoms with Gasteiger partial charge in [-0.05, 0) is 41.7 Å². The predicted octanol–water partition coefficient (Wildman–Crippen LogP) is 4.91. The van der Waals surface area contributed by atoms with E-state index in [9.17, 15) is 9.18 Å². The van der Waals surface area contributed by atoms with Crippen LogP contribution in [0.25, 0.3) is 0 Å². The first-order chi connectivity index (χ1) is 14.7. The van der Waals surface area contributed by atoms with Crippen LogP contribution in [0.4, 0.5) is 10.1 Å². The van der Waals surface area contributed by atoms with Gasteiger partial charge in [-0.3, -0.25) is 4.79 Å². The van der Waals surface area contributed by atoms with Crippen molar-refractivity contribution in [2.75, 3.05) is 19.0 Å². The Morgan fingerprint density at radius 1 is 1.07 bits per heavy atom. The Balaban J connectivity index is 1.42. The van der Waals surface area contributed by atoms with E-state index in [2.05, 4.69) is 10.6 Å². The highest BCUT2D eigenvalue weighted by molar-refractivity contribution is 5.83. The molecule has 3 atom stereocenters. The van der Waals surface area contributed by atoms with E-state index in [1.165, 1.54) is 6.07 Å². The lowest BCUT2D eigenvalue weighted by Crippen LogP contribution is -2.32. The molecule has 154 valence electrons. The third kappa shape index (κ3) is 4.62. The molecule has 0 aliphatic heterocycles. The molecule has 3 aromatic rings. The number of carbonyl (C=O) groups is 1. The maximum Gasteiger partial charge on any atom is 0.223 e. The van der Waals surface area contributed by atoms with E-state index in [0.717, 1.165) is 17.0 Å². The molecule has 0 saturated heterocycles. The summed E-state index contributed by atoms with van der Waals surface area (Å²) in [6.45, 7) is 0.431. The van der Waals surface area contributed by atoms with Crippen LogP contribution in [0.2, 0.25) is 0 Å². The second kappa shape index (κ2) is 8.99. The average Bonchev–Trinajstić information content (AvgIpc) is 3.58. The van der Waals surface area contributed by atoms with Crippen LogP contribution in [0.5, 0.6) is 5.75 Å². The summed E-state index contributed by atoms with van der Waals surface area (Å²) in [4.78, 5) is 12.7. The molecular formula is C25H25FN2O2. The summed E-state index contributed by atoms with van der Waals surface area (Å²) in [7, 11) is 1.63. The molecule has 2 N–H and O–H groups in total. The molecule has 3 aromatic carbocycles. The Hall–Kier alpha value is -3.34. The first kappa shape index (κ1) is 20.0. The third-order valence-electron chi connectivity index (χ3n) is 5.52. The summed E-state index contributed by atoms with van der Waals surface area (Å²) < 4.78 is 19.3. The molecule has 0 bridgehead atoms. The van der Waals surface area contributed by atoms with Gasteiger partial charge in [-0.1, -0.05) is 54.6 Å². The fourth-order valence-electron chi connectivity index (χ4n) is 3.79. The van der Waals surface area contributed by atoms with E-state index in [0.29, 0.717) is 18.5 Å². The number of hydrogen-bond donors (Lipinski definition) is 2. The fraction of sp³-hybridized carbons (Fsp3) is 0.240.